The van der Waals surface area contributed by atoms with Gasteiger partial charge < -0.3 is 0 Å². The van der Waals surface area contributed by atoms with E-state index < -0.39 is 0 Å². The average Bonchev–Trinajstić information content (AvgIpc) is 2.03. The number of hydrogen-bond acceptors (Lipinski definition) is 0. The summed E-state index contributed by atoms with van der Waals surface area (Å²) in [6.07, 6.45) is 14.9. The third kappa shape index (κ3) is 2.53. The molecule has 0 heterocycles. The summed E-state index contributed by atoms with van der Waals surface area (Å²) in [6.45, 7) is 4.54. The van der Waals surface area contributed by atoms with E-state index in [-0.39, 0.29) is 0 Å². The predicted octanol–water partition coefficient (Wildman–Crippen LogP) is 3.51. The quantitative estimate of drug-likeness (QED) is 0.576. The van der Waals surface area contributed by atoms with Gasteiger partial charge in [0.05, 0.1) is 0 Å². The van der Waals surface area contributed by atoms with Crippen LogP contribution in [0.3, 0.4) is 0 Å². The monoisotopic (exact) mass is 149 g/mol. The summed E-state index contributed by atoms with van der Waals surface area (Å²) in [5.41, 5.74) is 0.338. The van der Waals surface area contributed by atoms with Gasteiger partial charge in [-0.1, -0.05) is 51.0 Å². The molecule has 0 N–H and O–H groups in total. The van der Waals surface area contributed by atoms with Crippen LogP contribution in [0.1, 0.15) is 33.1 Å². The minimum absolute atomic E-state index is 0.338. The third-order valence-corrected chi connectivity index (χ3v) is 2.25. The Morgan fingerprint density at radius 2 is 2.00 bits per heavy atom. The zero-order chi connectivity index (χ0) is 8.16. The number of rotatable bonds is 3. The topological polar surface area (TPSA) is 0 Å². The minimum Gasteiger partial charge on any atom is -0.0800 e. The van der Waals surface area contributed by atoms with Gasteiger partial charge in [0.15, 0.2) is 0 Å². The Labute approximate surface area is 70.0 Å². The van der Waals surface area contributed by atoms with E-state index in [0.717, 1.165) is 0 Å². The molecule has 0 bridgehead atoms. The van der Waals surface area contributed by atoms with Crippen LogP contribution in [-0.2, 0) is 0 Å². The molecule has 11 heavy (non-hydrogen) atoms. The summed E-state index contributed by atoms with van der Waals surface area (Å²) in [4.78, 5) is 0. The highest BCUT2D eigenvalue weighted by Gasteiger charge is 2.19. The zero-order valence-corrected chi connectivity index (χ0v) is 7.51. The summed E-state index contributed by atoms with van der Waals surface area (Å²) in [5, 5.41) is 0. The number of unbranched alkanes of at least 4 members (excludes halogenated alkanes) is 1. The van der Waals surface area contributed by atoms with Crippen LogP contribution in [0.25, 0.3) is 0 Å². The van der Waals surface area contributed by atoms with E-state index in [1.807, 2.05) is 0 Å². The second kappa shape index (κ2) is 3.75. The Hall–Kier alpha value is -0.520. The van der Waals surface area contributed by atoms with E-state index in [9.17, 15) is 0 Å². The fourth-order valence-electron chi connectivity index (χ4n) is 1.39. The first-order chi connectivity index (χ1) is 5.27. The van der Waals surface area contributed by atoms with E-state index in [2.05, 4.69) is 44.6 Å². The van der Waals surface area contributed by atoms with E-state index >= 15 is 0 Å². The van der Waals surface area contributed by atoms with Gasteiger partial charge in [-0.3, -0.25) is 0 Å². The molecule has 0 fully saturated rings. The van der Waals surface area contributed by atoms with Crippen molar-refractivity contribution in [3.8, 4) is 0 Å². The Balaban J connectivity index is 2.40. The van der Waals surface area contributed by atoms with E-state index in [1.54, 1.807) is 0 Å². The molecule has 1 rings (SSSR count). The molecule has 61 valence electrons. The van der Waals surface area contributed by atoms with Crippen molar-refractivity contribution in [1.29, 1.82) is 0 Å². The average molecular weight is 149 g/mol. The Kier molecular flexibility index (Phi) is 2.92. The molecule has 0 spiro atoms. The molecule has 0 heteroatoms. The molecule has 1 atom stereocenters. The minimum atomic E-state index is 0.338. The van der Waals surface area contributed by atoms with Gasteiger partial charge in [-0.05, 0) is 18.3 Å². The maximum atomic E-state index is 2.29. The van der Waals surface area contributed by atoms with Crippen molar-refractivity contribution < 1.29 is 0 Å². The second-order valence-corrected chi connectivity index (χ2v) is 3.52. The first kappa shape index (κ1) is 8.58. The summed E-state index contributed by atoms with van der Waals surface area (Å²) < 4.78 is 0. The van der Waals surface area contributed by atoms with Crippen molar-refractivity contribution in [3.05, 3.63) is 30.7 Å². The van der Waals surface area contributed by atoms with Gasteiger partial charge >= 0.3 is 0 Å². The van der Waals surface area contributed by atoms with Crippen molar-refractivity contribution in [1.82, 2.24) is 0 Å². The first-order valence-corrected chi connectivity index (χ1v) is 4.47. The normalized spacial score (nSPS) is 29.3. The van der Waals surface area contributed by atoms with Gasteiger partial charge in [0, 0.05) is 0 Å². The molecule has 0 amide bonds. The molecule has 0 aromatic heterocycles. The van der Waals surface area contributed by atoms with Crippen LogP contribution in [-0.4, -0.2) is 0 Å². The Morgan fingerprint density at radius 3 is 2.55 bits per heavy atom. The fraction of sp³-hybridized carbons (Fsp3) is 0.545. The standard InChI is InChI=1S/C11H17/c1-3-4-8-11(2)9-6-5-7-10-11/h5-7,9-10H,3-4,8H2,1-2H3. The van der Waals surface area contributed by atoms with E-state index in [1.165, 1.54) is 19.3 Å². The molecular formula is C11H17. The molecule has 1 radical (unpaired) electrons. The lowest BCUT2D eigenvalue weighted by Gasteiger charge is -2.25. The molecule has 0 nitrogen and oxygen atoms in total. The molecule has 0 aromatic carbocycles. The van der Waals surface area contributed by atoms with Crippen LogP contribution in [0.5, 0.6) is 0 Å². The second-order valence-electron chi connectivity index (χ2n) is 3.52. The Morgan fingerprint density at radius 1 is 1.18 bits per heavy atom. The van der Waals surface area contributed by atoms with Crippen molar-refractivity contribution in [2.75, 3.05) is 0 Å². The van der Waals surface area contributed by atoms with Crippen molar-refractivity contribution in [2.45, 2.75) is 33.1 Å². The third-order valence-electron chi connectivity index (χ3n) is 2.25. The lowest BCUT2D eigenvalue weighted by Crippen LogP contribution is -2.13. The molecule has 0 saturated carbocycles. The summed E-state index contributed by atoms with van der Waals surface area (Å²) in [6, 6.07) is 0. The zero-order valence-electron chi connectivity index (χ0n) is 7.51. The van der Waals surface area contributed by atoms with Crippen LogP contribution in [0.15, 0.2) is 24.3 Å². The van der Waals surface area contributed by atoms with E-state index in [0.29, 0.717) is 5.41 Å². The van der Waals surface area contributed by atoms with Gasteiger partial charge in [0.25, 0.3) is 0 Å². The number of hydrogen-bond donors (Lipinski definition) is 0. The molecule has 1 aliphatic rings. The number of allylic oxidation sites excluding steroid dienone is 4. The highest BCUT2D eigenvalue weighted by Crippen LogP contribution is 2.31. The maximum Gasteiger partial charge on any atom is -0.00703 e. The van der Waals surface area contributed by atoms with Crippen LogP contribution in [0.2, 0.25) is 0 Å². The van der Waals surface area contributed by atoms with Crippen LogP contribution >= 0.6 is 0 Å². The van der Waals surface area contributed by atoms with E-state index in [4.69, 9.17) is 0 Å². The SMILES string of the molecule is CCCCC1(C)[CH]C=CC=C1. The first-order valence-electron chi connectivity index (χ1n) is 4.47. The van der Waals surface area contributed by atoms with Gasteiger partial charge in [-0.25, -0.2) is 0 Å². The maximum absolute atomic E-state index is 2.29. The lowest BCUT2D eigenvalue weighted by atomic mass is 9.79. The molecule has 0 aliphatic heterocycles. The highest BCUT2D eigenvalue weighted by molar-refractivity contribution is 5.23. The molecule has 1 unspecified atom stereocenters. The molecule has 0 saturated heterocycles. The molecule has 0 aromatic rings. The smallest absolute Gasteiger partial charge is 0.00703 e. The fourth-order valence-corrected chi connectivity index (χ4v) is 1.39. The lowest BCUT2D eigenvalue weighted by molar-refractivity contribution is 0.448. The predicted molar refractivity (Wildman–Crippen MR) is 50.2 cm³/mol. The molecule has 1 aliphatic carbocycles. The largest absolute Gasteiger partial charge is 0.0800 e. The molecular weight excluding hydrogens is 132 g/mol. The summed E-state index contributed by atoms with van der Waals surface area (Å²) in [7, 11) is 0. The van der Waals surface area contributed by atoms with Gasteiger partial charge in [-0.2, -0.15) is 0 Å². The Bertz CT molecular complexity index is 165. The van der Waals surface area contributed by atoms with Gasteiger partial charge in [-0.15, -0.1) is 0 Å². The highest BCUT2D eigenvalue weighted by atomic mass is 14.2. The van der Waals surface area contributed by atoms with Crippen molar-refractivity contribution in [2.24, 2.45) is 5.41 Å². The van der Waals surface area contributed by atoms with Crippen LogP contribution in [0.4, 0.5) is 0 Å². The van der Waals surface area contributed by atoms with Crippen LogP contribution < -0.4 is 0 Å². The van der Waals surface area contributed by atoms with Crippen molar-refractivity contribution >= 4 is 0 Å². The van der Waals surface area contributed by atoms with Gasteiger partial charge in [0.1, 0.15) is 0 Å². The van der Waals surface area contributed by atoms with Gasteiger partial charge in [0.2, 0.25) is 0 Å². The summed E-state index contributed by atoms with van der Waals surface area (Å²) in [5.74, 6) is 0. The van der Waals surface area contributed by atoms with Crippen LogP contribution in [0, 0.1) is 11.8 Å². The summed E-state index contributed by atoms with van der Waals surface area (Å²) >= 11 is 0. The van der Waals surface area contributed by atoms with Crippen molar-refractivity contribution in [3.63, 3.8) is 0 Å².